The summed E-state index contributed by atoms with van der Waals surface area (Å²) >= 11 is 7.19. The van der Waals surface area contributed by atoms with Crippen LogP contribution in [-0.4, -0.2) is 52.4 Å². The van der Waals surface area contributed by atoms with Gasteiger partial charge in [-0.2, -0.15) is 0 Å². The number of hydrogen-bond donors (Lipinski definition) is 7. The smallest absolute Gasteiger partial charge is 0.165 e. The Bertz CT molecular complexity index is 5270. The number of halogens is 1. The SMILES string of the molecule is CC(=O)c1c(C)[nH]c(C(c2ccc(C(c3[nH]c(C)c(C(O)CCC(=O)c4c(C)[nH]c(C(c5ccc(C(c6[nH]c(C)c(C(C)=O)c6C)c6csc7ccc(Br)cc67)[nH]5)c5cccc6ccccc56)c4C)c3C)c3csc4ccccc34)[nH]2)c2cccc3ccccc23)c1C. The molecule has 0 saturated carbocycles. The zero-order chi connectivity index (χ0) is 64.8. The maximum absolute atomic E-state index is 15.1. The van der Waals surface area contributed by atoms with Crippen LogP contribution in [0.4, 0.5) is 0 Å². The van der Waals surface area contributed by atoms with Crippen LogP contribution in [0.3, 0.4) is 0 Å². The van der Waals surface area contributed by atoms with Crippen LogP contribution < -0.4 is 0 Å². The lowest BCUT2D eigenvalue weighted by atomic mass is 9.86. The van der Waals surface area contributed by atoms with Crippen LogP contribution in [0.1, 0.15) is 206 Å². The molecule has 0 aliphatic rings. The number of carbonyl (C=O) groups excluding carboxylic acids is 3. The number of aryl methyl sites for hydroxylation is 4. The molecule has 0 spiro atoms. The van der Waals surface area contributed by atoms with Crippen LogP contribution >= 0.6 is 38.6 Å². The quantitative estimate of drug-likeness (QED) is 0.0401. The number of aliphatic hydroxyl groups excluding tert-OH is 1. The van der Waals surface area contributed by atoms with E-state index in [4.69, 9.17) is 0 Å². The summed E-state index contributed by atoms with van der Waals surface area (Å²) in [6.07, 6.45) is -0.618. The number of ketones is 3. The Morgan fingerprint density at radius 2 is 0.817 bits per heavy atom. The van der Waals surface area contributed by atoms with Crippen LogP contribution in [0.5, 0.6) is 0 Å². The van der Waals surface area contributed by atoms with Crippen molar-refractivity contribution in [1.29, 1.82) is 0 Å². The molecule has 6 aromatic carbocycles. The zero-order valence-electron chi connectivity index (χ0n) is 53.8. The minimum absolute atomic E-state index is 0.0253. The van der Waals surface area contributed by atoms with Crippen molar-refractivity contribution in [3.8, 4) is 0 Å². The first-order chi connectivity index (χ1) is 44.9. The van der Waals surface area contributed by atoms with Crippen LogP contribution in [0.15, 0.2) is 167 Å². The molecule has 0 fully saturated rings. The fourth-order valence-corrected chi connectivity index (χ4v) is 18.0. The van der Waals surface area contributed by atoms with Gasteiger partial charge in [0.15, 0.2) is 17.3 Å². The molecule has 93 heavy (non-hydrogen) atoms. The van der Waals surface area contributed by atoms with Crippen molar-refractivity contribution < 1.29 is 19.5 Å². The van der Waals surface area contributed by atoms with Crippen LogP contribution in [0.25, 0.3) is 41.7 Å². The second kappa shape index (κ2) is 24.4. The number of aromatic amines is 6. The van der Waals surface area contributed by atoms with Gasteiger partial charge in [0.25, 0.3) is 0 Å². The van der Waals surface area contributed by atoms with E-state index in [1.807, 2.05) is 41.5 Å². The van der Waals surface area contributed by atoms with E-state index in [1.54, 1.807) is 36.5 Å². The van der Waals surface area contributed by atoms with E-state index in [1.165, 1.54) is 9.40 Å². The highest BCUT2D eigenvalue weighted by Gasteiger charge is 2.35. The number of rotatable bonds is 19. The Balaban J connectivity index is 0.810. The van der Waals surface area contributed by atoms with Crippen molar-refractivity contribution in [3.05, 3.63) is 302 Å². The van der Waals surface area contributed by atoms with Crippen molar-refractivity contribution in [2.45, 2.75) is 112 Å². The fourth-order valence-electron chi connectivity index (χ4n) is 15.7. The third kappa shape index (κ3) is 10.6. The van der Waals surface area contributed by atoms with E-state index in [2.05, 4.69) is 222 Å². The van der Waals surface area contributed by atoms with Crippen molar-refractivity contribution in [2.24, 2.45) is 0 Å². The average Bonchev–Trinajstić information content (AvgIpc) is 1.64. The molecule has 8 heterocycles. The third-order valence-corrected chi connectivity index (χ3v) is 22.2. The number of fused-ring (bicyclic) bond motifs is 4. The van der Waals surface area contributed by atoms with E-state index >= 15 is 4.79 Å². The highest BCUT2D eigenvalue weighted by Crippen LogP contribution is 2.48. The highest BCUT2D eigenvalue weighted by atomic mass is 79.9. The summed E-state index contributed by atoms with van der Waals surface area (Å²) in [6.45, 7) is 19.5. The lowest BCUT2D eigenvalue weighted by Gasteiger charge is -2.21. The molecule has 7 N–H and O–H groups in total. The van der Waals surface area contributed by atoms with Gasteiger partial charge in [0.2, 0.25) is 0 Å². The standard InChI is InChI=1S/C80H73BrN6O4S2/c1-40-69(48(9)88)44(5)82-77(40)73(56-26-17-21-50-19-11-13-23-53(50)56)61-30-32-63(86-61)75(59-38-92-67-28-16-15-25-55(59)67)80-43(4)72(47(8)85-80)66(91)35-34-65(90)71-42(3)79(84-46(71)7)74(57-27-18-22-51-20-12-14-24-54(51)57)62-31-33-64(87-62)76(78-41(2)70(49(10)89)45(6)83-78)60-39-93-68-36-29-52(81)37-58(60)68/h11-33,36-39,66,73-76,82-87,91H,34-35H2,1-10H3. The Hall–Kier alpha value is -9.11. The number of H-pyrrole nitrogens is 6. The van der Waals surface area contributed by atoms with E-state index in [-0.39, 0.29) is 53.9 Å². The molecule has 8 aromatic heterocycles. The molecule has 0 bridgehead atoms. The second-order valence-electron chi connectivity index (χ2n) is 25.4. The predicted octanol–water partition coefficient (Wildman–Crippen LogP) is 20.4. The van der Waals surface area contributed by atoms with Crippen molar-refractivity contribution in [1.82, 2.24) is 29.9 Å². The molecule has 0 aliphatic heterocycles. The van der Waals surface area contributed by atoms with Gasteiger partial charge < -0.3 is 35.0 Å². The Kier molecular flexibility index (Phi) is 16.1. The Morgan fingerprint density at radius 3 is 1.31 bits per heavy atom. The lowest BCUT2D eigenvalue weighted by Crippen LogP contribution is -2.10. The topological polar surface area (TPSA) is 166 Å². The molecule has 14 aromatic rings. The maximum Gasteiger partial charge on any atom is 0.165 e. The molecule has 10 nitrogen and oxygen atoms in total. The summed E-state index contributed by atoms with van der Waals surface area (Å²) < 4.78 is 3.34. The molecule has 0 amide bonds. The molecular weight excluding hydrogens is 1250 g/mol. The molecule has 13 heteroatoms. The summed E-state index contributed by atoms with van der Waals surface area (Å²) in [5.41, 5.74) is 22.1. The summed E-state index contributed by atoms with van der Waals surface area (Å²) in [7, 11) is 0. The number of thiophene rings is 2. The minimum atomic E-state index is -0.948. The number of hydrogen-bond acceptors (Lipinski definition) is 6. The number of benzene rings is 6. The molecule has 5 unspecified atom stereocenters. The first kappa shape index (κ1) is 61.4. The Morgan fingerprint density at radius 1 is 0.419 bits per heavy atom. The number of aliphatic hydroxyl groups is 1. The summed E-state index contributed by atoms with van der Waals surface area (Å²) in [4.78, 5) is 64.4. The van der Waals surface area contributed by atoms with Gasteiger partial charge in [0.1, 0.15) is 0 Å². The first-order valence-corrected chi connectivity index (χ1v) is 34.4. The van der Waals surface area contributed by atoms with Crippen molar-refractivity contribution >= 4 is 97.7 Å². The van der Waals surface area contributed by atoms with Gasteiger partial charge in [0.05, 0.1) is 29.8 Å². The molecular formula is C80H73BrN6O4S2. The fraction of sp³-hybridized carbons (Fsp3) is 0.212. The Labute approximate surface area is 557 Å². The normalized spacial score (nSPS) is 13.6. The monoisotopic (exact) mass is 1320 g/mol. The van der Waals surface area contributed by atoms with Gasteiger partial charge >= 0.3 is 0 Å². The third-order valence-electron chi connectivity index (χ3n) is 19.8. The van der Waals surface area contributed by atoms with Gasteiger partial charge in [-0.3, -0.25) is 14.4 Å². The molecule has 0 aliphatic carbocycles. The van der Waals surface area contributed by atoms with Crippen LogP contribution in [0, 0.1) is 55.4 Å². The molecule has 466 valence electrons. The van der Waals surface area contributed by atoms with E-state index in [9.17, 15) is 14.7 Å². The summed E-state index contributed by atoms with van der Waals surface area (Å²) in [6, 6.07) is 53.5. The predicted molar refractivity (Wildman–Crippen MR) is 384 cm³/mol. The molecule has 0 radical (unpaired) electrons. The number of nitrogens with one attached hydrogen (secondary N) is 6. The lowest BCUT2D eigenvalue weighted by molar-refractivity contribution is 0.0937. The first-order valence-electron chi connectivity index (χ1n) is 31.8. The van der Waals surface area contributed by atoms with Crippen molar-refractivity contribution in [3.63, 3.8) is 0 Å². The summed E-state index contributed by atoms with van der Waals surface area (Å²) in [5, 5.41) is 23.9. The number of carbonyl (C=O) groups is 3. The van der Waals surface area contributed by atoms with Gasteiger partial charge in [-0.25, -0.2) is 0 Å². The van der Waals surface area contributed by atoms with E-state index < -0.39 is 6.10 Å². The number of aromatic nitrogens is 6. The summed E-state index contributed by atoms with van der Waals surface area (Å²) in [5.74, 6) is -1.15. The maximum atomic E-state index is 15.1. The molecule has 5 atom stereocenters. The molecule has 14 rings (SSSR count). The van der Waals surface area contributed by atoms with Crippen molar-refractivity contribution in [2.75, 3.05) is 0 Å². The van der Waals surface area contributed by atoms with Gasteiger partial charge in [0, 0.05) is 111 Å². The zero-order valence-corrected chi connectivity index (χ0v) is 57.0. The minimum Gasteiger partial charge on any atom is -0.388 e. The van der Waals surface area contributed by atoms with Gasteiger partial charge in [-0.15, -0.1) is 22.7 Å². The largest absolute Gasteiger partial charge is 0.388 e. The van der Waals surface area contributed by atoms with E-state index in [0.29, 0.717) is 11.1 Å². The second-order valence-corrected chi connectivity index (χ2v) is 28.1. The van der Waals surface area contributed by atoms with Gasteiger partial charge in [-0.1, -0.05) is 119 Å². The number of Topliss-reactive ketones (excluding diaryl/α,β-unsaturated/α-hetero) is 3. The van der Waals surface area contributed by atoms with Gasteiger partial charge in [-0.05, 0) is 212 Å². The van der Waals surface area contributed by atoms with E-state index in [0.717, 1.165) is 161 Å². The van der Waals surface area contributed by atoms with Crippen LogP contribution in [0.2, 0.25) is 0 Å². The highest BCUT2D eigenvalue weighted by molar-refractivity contribution is 9.10. The average molecular weight is 1330 g/mol. The molecule has 0 saturated heterocycles. The van der Waals surface area contributed by atoms with Crippen LogP contribution in [-0.2, 0) is 0 Å².